The molecule has 4 rings (SSSR count). The van der Waals surface area contributed by atoms with E-state index in [1.165, 1.54) is 0 Å². The van der Waals surface area contributed by atoms with Crippen LogP contribution in [0.25, 0.3) is 10.4 Å². The summed E-state index contributed by atoms with van der Waals surface area (Å²) in [4.78, 5) is 20.8. The Labute approximate surface area is 150 Å². The van der Waals surface area contributed by atoms with Crippen LogP contribution in [-0.4, -0.2) is 32.5 Å². The summed E-state index contributed by atoms with van der Waals surface area (Å²) in [5, 5.41) is 8.75. The first kappa shape index (κ1) is 16.0. The molecule has 1 fully saturated rings. The van der Waals surface area contributed by atoms with Crippen molar-refractivity contribution in [3.8, 4) is 10.4 Å². The molecular weight excluding hydrogens is 332 g/mol. The van der Waals surface area contributed by atoms with Crippen molar-refractivity contribution in [1.29, 1.82) is 0 Å². The molecule has 5 nitrogen and oxygen atoms in total. The molecule has 1 N–H and O–H groups in total. The van der Waals surface area contributed by atoms with E-state index < -0.39 is 0 Å². The lowest BCUT2D eigenvalue weighted by molar-refractivity contribution is 0.0677. The Morgan fingerprint density at radius 2 is 2.24 bits per heavy atom. The van der Waals surface area contributed by atoms with Crippen LogP contribution in [0.15, 0.2) is 48.2 Å². The zero-order valence-corrected chi connectivity index (χ0v) is 14.7. The number of nitrogens with zero attached hydrogens (tertiary/aromatic N) is 3. The van der Waals surface area contributed by atoms with Gasteiger partial charge in [-0.2, -0.15) is 5.10 Å². The predicted octanol–water partition coefficient (Wildman–Crippen LogP) is 4.29. The number of likely N-dealkylation sites (tertiary alicyclic amines) is 1. The summed E-state index contributed by atoms with van der Waals surface area (Å²) in [5.41, 5.74) is 2.76. The average molecular weight is 352 g/mol. The maximum absolute atomic E-state index is 13.2. The van der Waals surface area contributed by atoms with E-state index in [2.05, 4.69) is 15.2 Å². The minimum Gasteiger partial charge on any atom is -0.330 e. The number of nitrogens with one attached hydrogen (secondary N) is 1. The Morgan fingerprint density at radius 1 is 1.28 bits per heavy atom. The lowest BCUT2D eigenvalue weighted by Gasteiger charge is -2.29. The fourth-order valence-corrected chi connectivity index (χ4v) is 4.25. The Bertz CT molecular complexity index is 828. The van der Waals surface area contributed by atoms with Crippen molar-refractivity contribution in [2.45, 2.75) is 31.7 Å². The first-order chi connectivity index (χ1) is 12.3. The van der Waals surface area contributed by atoms with Crippen molar-refractivity contribution >= 4 is 17.2 Å². The number of thiophene rings is 1. The summed E-state index contributed by atoms with van der Waals surface area (Å²) in [7, 11) is 0. The maximum Gasteiger partial charge on any atom is 0.255 e. The fraction of sp³-hybridized carbons (Fsp3) is 0.316. The van der Waals surface area contributed by atoms with Crippen molar-refractivity contribution in [1.82, 2.24) is 20.1 Å². The van der Waals surface area contributed by atoms with Crippen LogP contribution in [0.3, 0.4) is 0 Å². The first-order valence-electron chi connectivity index (χ1n) is 8.62. The van der Waals surface area contributed by atoms with E-state index in [9.17, 15) is 4.79 Å². The smallest absolute Gasteiger partial charge is 0.255 e. The zero-order valence-electron chi connectivity index (χ0n) is 13.9. The Morgan fingerprint density at radius 3 is 3.04 bits per heavy atom. The first-order valence-corrected chi connectivity index (χ1v) is 9.50. The summed E-state index contributed by atoms with van der Waals surface area (Å²) in [5.74, 6) is 0.101. The Balaban J connectivity index is 1.62. The molecule has 25 heavy (non-hydrogen) atoms. The molecule has 1 unspecified atom stereocenters. The second-order valence-electron chi connectivity index (χ2n) is 6.30. The van der Waals surface area contributed by atoms with Crippen LogP contribution >= 0.6 is 11.3 Å². The SMILES string of the molecule is O=C(c1csc(-c2cn[nH]c2)c1)N1CCCCCC1c1ccccn1. The van der Waals surface area contributed by atoms with E-state index in [0.29, 0.717) is 0 Å². The molecule has 4 heterocycles. The predicted molar refractivity (Wildman–Crippen MR) is 98.4 cm³/mol. The Hall–Kier alpha value is -2.47. The molecule has 128 valence electrons. The highest BCUT2D eigenvalue weighted by Gasteiger charge is 2.28. The van der Waals surface area contributed by atoms with Gasteiger partial charge in [-0.3, -0.25) is 14.9 Å². The lowest BCUT2D eigenvalue weighted by atomic mass is 10.1. The minimum atomic E-state index is 0.0634. The molecule has 1 aliphatic rings. The van der Waals surface area contributed by atoms with Gasteiger partial charge in [-0.1, -0.05) is 18.9 Å². The van der Waals surface area contributed by atoms with Crippen LogP contribution in [0.1, 0.15) is 47.8 Å². The zero-order chi connectivity index (χ0) is 17.1. The van der Waals surface area contributed by atoms with Gasteiger partial charge in [0.2, 0.25) is 0 Å². The number of aromatic amines is 1. The highest BCUT2D eigenvalue weighted by Crippen LogP contribution is 2.32. The third-order valence-electron chi connectivity index (χ3n) is 4.67. The fourth-order valence-electron chi connectivity index (χ4n) is 3.38. The lowest BCUT2D eigenvalue weighted by Crippen LogP contribution is -2.35. The number of amides is 1. The van der Waals surface area contributed by atoms with Gasteiger partial charge in [0.15, 0.2) is 0 Å². The number of aromatic nitrogens is 3. The largest absolute Gasteiger partial charge is 0.330 e. The van der Waals surface area contributed by atoms with E-state index >= 15 is 0 Å². The van der Waals surface area contributed by atoms with Crippen molar-refractivity contribution < 1.29 is 4.79 Å². The molecule has 6 heteroatoms. The summed E-state index contributed by atoms with van der Waals surface area (Å²) in [6.45, 7) is 0.789. The van der Waals surface area contributed by atoms with E-state index in [4.69, 9.17) is 0 Å². The molecule has 0 saturated carbocycles. The third-order valence-corrected chi connectivity index (χ3v) is 5.65. The van der Waals surface area contributed by atoms with Crippen LogP contribution in [0.2, 0.25) is 0 Å². The molecule has 1 amide bonds. The molecule has 3 aromatic rings. The number of hydrogen-bond donors (Lipinski definition) is 1. The average Bonchev–Trinajstić information content (AvgIpc) is 3.29. The van der Waals surface area contributed by atoms with Gasteiger partial charge in [-0.25, -0.2) is 0 Å². The van der Waals surface area contributed by atoms with E-state index in [0.717, 1.165) is 53.9 Å². The number of pyridine rings is 1. The standard InChI is InChI=1S/C19H20N4OS/c24-19(14-10-18(25-13-14)15-11-21-22-12-15)23-9-5-1-2-7-17(23)16-6-3-4-8-20-16/h3-4,6,8,10-13,17H,1-2,5,7,9H2,(H,21,22). The molecule has 3 aromatic heterocycles. The number of carbonyl (C=O) groups excluding carboxylic acids is 1. The van der Waals surface area contributed by atoms with Gasteiger partial charge in [0.05, 0.1) is 23.5 Å². The second kappa shape index (κ2) is 7.19. The molecule has 1 aliphatic heterocycles. The van der Waals surface area contributed by atoms with Crippen LogP contribution in [-0.2, 0) is 0 Å². The number of H-pyrrole nitrogens is 1. The van der Waals surface area contributed by atoms with Gasteiger partial charge in [-0.05, 0) is 31.0 Å². The highest BCUT2D eigenvalue weighted by atomic mass is 32.1. The third kappa shape index (κ3) is 3.35. The van der Waals surface area contributed by atoms with Gasteiger partial charge in [0.1, 0.15) is 0 Å². The van der Waals surface area contributed by atoms with Crippen molar-refractivity contribution in [3.63, 3.8) is 0 Å². The molecule has 1 saturated heterocycles. The molecule has 0 radical (unpaired) electrons. The van der Waals surface area contributed by atoms with Gasteiger partial charge < -0.3 is 4.90 Å². The highest BCUT2D eigenvalue weighted by molar-refractivity contribution is 7.13. The molecule has 0 spiro atoms. The van der Waals surface area contributed by atoms with Crippen molar-refractivity contribution in [3.05, 3.63) is 59.5 Å². The number of hydrogen-bond acceptors (Lipinski definition) is 4. The quantitative estimate of drug-likeness (QED) is 0.765. The van der Waals surface area contributed by atoms with Crippen molar-refractivity contribution in [2.75, 3.05) is 6.54 Å². The van der Waals surface area contributed by atoms with E-state index in [1.807, 2.05) is 46.9 Å². The van der Waals surface area contributed by atoms with Crippen LogP contribution in [0.4, 0.5) is 0 Å². The normalized spacial score (nSPS) is 18.1. The van der Waals surface area contributed by atoms with Gasteiger partial charge in [0, 0.05) is 34.8 Å². The molecule has 0 bridgehead atoms. The second-order valence-corrected chi connectivity index (χ2v) is 7.22. The molecule has 0 aliphatic carbocycles. The summed E-state index contributed by atoms with van der Waals surface area (Å²) < 4.78 is 0. The van der Waals surface area contributed by atoms with Gasteiger partial charge in [0.25, 0.3) is 5.91 Å². The summed E-state index contributed by atoms with van der Waals surface area (Å²) in [6.07, 6.45) is 9.76. The molecule has 1 atom stereocenters. The van der Waals surface area contributed by atoms with Crippen LogP contribution in [0.5, 0.6) is 0 Å². The summed E-state index contributed by atoms with van der Waals surface area (Å²) >= 11 is 1.58. The Kier molecular flexibility index (Phi) is 4.61. The van der Waals surface area contributed by atoms with E-state index in [-0.39, 0.29) is 11.9 Å². The minimum absolute atomic E-state index is 0.0634. The van der Waals surface area contributed by atoms with Crippen LogP contribution in [0, 0.1) is 0 Å². The summed E-state index contributed by atoms with van der Waals surface area (Å²) in [6, 6.07) is 7.98. The van der Waals surface area contributed by atoms with E-state index in [1.54, 1.807) is 17.5 Å². The molecule has 0 aromatic carbocycles. The van der Waals surface area contributed by atoms with Gasteiger partial charge in [-0.15, -0.1) is 11.3 Å². The monoisotopic (exact) mass is 352 g/mol. The van der Waals surface area contributed by atoms with Gasteiger partial charge >= 0.3 is 0 Å². The number of rotatable bonds is 3. The van der Waals surface area contributed by atoms with Crippen molar-refractivity contribution in [2.24, 2.45) is 0 Å². The topological polar surface area (TPSA) is 61.9 Å². The van der Waals surface area contributed by atoms with Crippen LogP contribution < -0.4 is 0 Å². The molecular formula is C19H20N4OS. The maximum atomic E-state index is 13.2. The number of carbonyl (C=O) groups is 1.